The van der Waals surface area contributed by atoms with E-state index in [1.54, 1.807) is 33.0 Å². The van der Waals surface area contributed by atoms with Crippen LogP contribution in [0.1, 0.15) is 121 Å². The lowest BCUT2D eigenvalue weighted by Gasteiger charge is -2.29. The summed E-state index contributed by atoms with van der Waals surface area (Å²) < 4.78 is 15.2. The number of carboxylic acids is 1. The van der Waals surface area contributed by atoms with Crippen LogP contribution in [0.5, 0.6) is 0 Å². The molecule has 0 aliphatic rings. The largest absolute Gasteiger partial charge is 0.480 e. The first-order valence-corrected chi connectivity index (χ1v) is 26.0. The van der Waals surface area contributed by atoms with Crippen molar-refractivity contribution >= 4 is 81.8 Å². The van der Waals surface area contributed by atoms with E-state index >= 15 is 0 Å². The number of fused-ring (bicyclic) bond motifs is 1. The fourth-order valence-electron chi connectivity index (χ4n) is 8.01. The number of methoxy groups -OCH3 is 1. The molecule has 6 unspecified atom stereocenters. The molecule has 0 radical (unpaired) electrons. The van der Waals surface area contributed by atoms with Crippen LogP contribution in [0.15, 0.2) is 72.5 Å². The van der Waals surface area contributed by atoms with E-state index in [9.17, 15) is 57.8 Å². The van der Waals surface area contributed by atoms with Crippen LogP contribution in [-0.2, 0) is 63.8 Å². The first-order chi connectivity index (χ1) is 38.0. The lowest BCUT2D eigenvalue weighted by Crippen LogP contribution is -2.61. The number of alkyl carbamates (subject to hydrolysis) is 1. The van der Waals surface area contributed by atoms with E-state index in [1.807, 2.05) is 23.5 Å². The van der Waals surface area contributed by atoms with Crippen molar-refractivity contribution < 1.29 is 72.1 Å². The number of nitrogens with one attached hydrogen (secondary N) is 8. The van der Waals surface area contributed by atoms with E-state index in [0.29, 0.717) is 12.0 Å². The monoisotopic (exact) mass is 1120 g/mol. The fourth-order valence-corrected chi connectivity index (χ4v) is 8.01. The third-order valence-electron chi connectivity index (χ3n) is 11.9. The lowest BCUT2D eigenvalue weighted by molar-refractivity contribution is -0.155. The van der Waals surface area contributed by atoms with Gasteiger partial charge in [0.15, 0.2) is 5.78 Å². The van der Waals surface area contributed by atoms with Gasteiger partial charge in [0.05, 0.1) is 20.0 Å². The van der Waals surface area contributed by atoms with E-state index in [1.165, 1.54) is 30.3 Å². The first kappa shape index (κ1) is 65.5. The zero-order chi connectivity index (χ0) is 59.4. The van der Waals surface area contributed by atoms with Gasteiger partial charge >= 0.3 is 24.0 Å². The number of ketones is 1. The van der Waals surface area contributed by atoms with E-state index < -0.39 is 133 Å². The van der Waals surface area contributed by atoms with Crippen LogP contribution in [0.3, 0.4) is 0 Å². The van der Waals surface area contributed by atoms with Crippen molar-refractivity contribution in [2.75, 3.05) is 20.3 Å². The number of azide groups is 1. The molecule has 3 aromatic rings. The highest BCUT2D eigenvalue weighted by atomic mass is 16.6. The zero-order valence-corrected chi connectivity index (χ0v) is 45.8. The predicted molar refractivity (Wildman–Crippen MR) is 290 cm³/mol. The number of rotatable bonds is 34. The van der Waals surface area contributed by atoms with Crippen molar-refractivity contribution in [1.29, 1.82) is 0 Å². The smallest absolute Gasteiger partial charge is 0.408 e. The Morgan fingerprint density at radius 3 is 2.04 bits per heavy atom. The summed E-state index contributed by atoms with van der Waals surface area (Å²) in [6.07, 6.45) is 3.91. The number of carbonyl (C=O) groups excluding carboxylic acids is 10. The number of Topliss-reactive ketones (excluding diaryl/α,β-unsaturated/α-hetero) is 1. The molecule has 0 bridgehead atoms. The van der Waals surface area contributed by atoms with Gasteiger partial charge in [0, 0.05) is 58.1 Å². The van der Waals surface area contributed by atoms with Crippen LogP contribution in [0.4, 0.5) is 10.5 Å². The Bertz CT molecular complexity index is 2730. The van der Waals surface area contributed by atoms with Gasteiger partial charge in [-0.15, -0.1) is 0 Å². The number of benzene rings is 2. The molecule has 26 heteroatoms. The quantitative estimate of drug-likeness (QED) is 0.00589. The second kappa shape index (κ2) is 33.5. The summed E-state index contributed by atoms with van der Waals surface area (Å²) in [6, 6.07) is 3.71. The van der Waals surface area contributed by atoms with E-state index in [2.05, 4.69) is 60.4 Å². The maximum Gasteiger partial charge on any atom is 0.408 e. The summed E-state index contributed by atoms with van der Waals surface area (Å²) in [6.45, 7) is 10.3. The number of carbonyl (C=O) groups is 11. The van der Waals surface area contributed by atoms with Gasteiger partial charge < -0.3 is 61.5 Å². The number of nitrogens with zero attached hydrogens (tertiary/aromatic N) is 3. The second-order valence-electron chi connectivity index (χ2n) is 19.6. The van der Waals surface area contributed by atoms with Crippen molar-refractivity contribution in [2.24, 2.45) is 5.11 Å². The molecule has 6 atom stereocenters. The minimum Gasteiger partial charge on any atom is -0.480 e. The maximum absolute atomic E-state index is 14.5. The number of unbranched alkanes of at least 4 members (excludes halogenated alkanes) is 6. The minimum absolute atomic E-state index is 0.0690. The van der Waals surface area contributed by atoms with Gasteiger partial charge in [0.25, 0.3) is 0 Å². The molecule has 7 amide bonds. The van der Waals surface area contributed by atoms with Gasteiger partial charge in [-0.3, -0.25) is 43.2 Å². The van der Waals surface area contributed by atoms with Gasteiger partial charge in [-0.25, -0.2) is 9.59 Å². The summed E-state index contributed by atoms with van der Waals surface area (Å²) >= 11 is 0. The predicted octanol–water partition coefficient (Wildman–Crippen LogP) is 4.29. The Morgan fingerprint density at radius 2 is 1.39 bits per heavy atom. The Labute approximate surface area is 462 Å². The van der Waals surface area contributed by atoms with Gasteiger partial charge in [-0.1, -0.05) is 106 Å². The number of aromatic amines is 1. The van der Waals surface area contributed by atoms with Crippen LogP contribution in [0.2, 0.25) is 0 Å². The summed E-state index contributed by atoms with van der Waals surface area (Å²) in [5.41, 5.74) is 9.31. The average Bonchev–Trinajstić information content (AvgIpc) is 3.87. The summed E-state index contributed by atoms with van der Waals surface area (Å²) in [7, 11) is 0.968. The zero-order valence-electron chi connectivity index (χ0n) is 45.8. The second-order valence-corrected chi connectivity index (χ2v) is 19.6. The maximum atomic E-state index is 14.5. The molecular weight excluding hydrogens is 1040 g/mol. The van der Waals surface area contributed by atoms with Gasteiger partial charge in [-0.2, -0.15) is 0 Å². The molecule has 0 saturated heterocycles. The molecule has 2 aromatic carbocycles. The Hall–Kier alpha value is -8.80. The molecule has 0 spiro atoms. The standard InChI is InChI=1S/C54H73N11O15/c1-8-10-11-12-13-14-15-24-43(67)58-38(26-33-30-56-36-22-18-16-20-34(33)36)48(72)59-39(28-44(68)63-54(4,5)6)49(73)60-40(29-46(71)78-7)50(74)62-47(51(75)57-31-45(69)70)32(3)80-52(76)41(61-53(77)79-25-9-2)27-42(66)35-21-17-19-23-37(35)64-65-55/h9,16-23,30,32,38-41,47,56H,2,8,10-15,24-29,31H2,1,3-7H3,(H,57,75)(H,58,67)(H,59,72)(H,60,73)(H,61,77)(H,62,74)(H,63,68)(H,69,70). The molecule has 1 aromatic heterocycles. The number of hydrogen-bond acceptors (Lipinski definition) is 15. The number of esters is 2. The highest BCUT2D eigenvalue weighted by Gasteiger charge is 2.38. The normalized spacial score (nSPS) is 13.2. The molecule has 0 saturated carbocycles. The Balaban J connectivity index is 2.00. The van der Waals surface area contributed by atoms with Crippen LogP contribution >= 0.6 is 0 Å². The van der Waals surface area contributed by atoms with Gasteiger partial charge in [0.2, 0.25) is 35.4 Å². The number of hydrogen-bond donors (Lipinski definition) is 9. The summed E-state index contributed by atoms with van der Waals surface area (Å²) in [4.78, 5) is 154. The summed E-state index contributed by atoms with van der Waals surface area (Å²) in [5, 5.41) is 30.4. The van der Waals surface area contributed by atoms with Crippen molar-refractivity contribution in [3.05, 3.63) is 89.0 Å². The minimum atomic E-state index is -2.05. The number of H-pyrrole nitrogens is 1. The van der Waals surface area contributed by atoms with Crippen molar-refractivity contribution in [2.45, 2.75) is 154 Å². The lowest BCUT2D eigenvalue weighted by atomic mass is 10.0. The highest BCUT2D eigenvalue weighted by Crippen LogP contribution is 2.23. The molecule has 9 N–H and O–H groups in total. The van der Waals surface area contributed by atoms with Crippen LogP contribution < -0.4 is 37.2 Å². The first-order valence-electron chi connectivity index (χ1n) is 26.0. The number of aromatic nitrogens is 1. The number of aliphatic carboxylic acids is 1. The van der Waals surface area contributed by atoms with Crippen LogP contribution in [0, 0.1) is 0 Å². The van der Waals surface area contributed by atoms with Gasteiger partial charge in [-0.05, 0) is 51.3 Å². The average molecular weight is 1120 g/mol. The SMILES string of the molecule is C=CCOC(=O)NC(CC(=O)c1ccccc1N=[N+]=[N-])C(=O)OC(C)C(NC(=O)C(CC(=O)OC)NC(=O)C(CC(=O)NC(C)(C)C)NC(=O)C(Cc1c[nH]c2ccccc12)NC(=O)CCCCCCCCC)C(=O)NCC(=O)O. The number of para-hydroxylation sites is 1. The third kappa shape index (κ3) is 23.0. The molecule has 0 fully saturated rings. The molecule has 1 heterocycles. The van der Waals surface area contributed by atoms with E-state index in [-0.39, 0.29) is 30.7 Å². The number of carboxylic acid groups (broad SMARTS) is 1. The molecule has 3 rings (SSSR count). The molecule has 434 valence electrons. The number of ether oxygens (including phenoxy) is 3. The van der Waals surface area contributed by atoms with Crippen molar-refractivity contribution in [3.8, 4) is 0 Å². The van der Waals surface area contributed by atoms with Crippen molar-refractivity contribution in [1.82, 2.24) is 42.2 Å². The number of amides is 7. The molecule has 26 nitrogen and oxygen atoms in total. The van der Waals surface area contributed by atoms with E-state index in [0.717, 1.165) is 63.5 Å². The van der Waals surface area contributed by atoms with E-state index in [4.69, 9.17) is 19.7 Å². The molecule has 80 heavy (non-hydrogen) atoms. The van der Waals surface area contributed by atoms with Crippen molar-refractivity contribution in [3.63, 3.8) is 0 Å². The van der Waals surface area contributed by atoms with Crippen LogP contribution in [-0.4, -0.2) is 137 Å². The Kier molecular flexibility index (Phi) is 27.4. The van der Waals surface area contributed by atoms with Gasteiger partial charge in [0.1, 0.15) is 49.5 Å². The Morgan fingerprint density at radius 1 is 0.762 bits per heavy atom. The third-order valence-corrected chi connectivity index (χ3v) is 11.9. The van der Waals surface area contributed by atoms with Crippen LogP contribution in [0.25, 0.3) is 21.3 Å². The molecule has 0 aliphatic carbocycles. The highest BCUT2D eigenvalue weighted by molar-refractivity contribution is 6.03. The topological polar surface area (TPSA) is 384 Å². The molecule has 0 aliphatic heterocycles. The molecular formula is C54H73N11O15. The fraction of sp³-hybridized carbons (Fsp3) is 0.500. The summed E-state index contributed by atoms with van der Waals surface area (Å²) in [5.74, 6) is -10.8.